The molecule has 0 fully saturated rings. The second kappa shape index (κ2) is 14.5. The molecule has 136 valence electrons. The van der Waals surface area contributed by atoms with Crippen molar-refractivity contribution in [1.82, 2.24) is 9.80 Å². The van der Waals surface area contributed by atoms with Gasteiger partial charge in [0.25, 0.3) is 0 Å². The molecule has 0 rings (SSSR count). The monoisotopic (exact) mass is 326 g/mol. The van der Waals surface area contributed by atoms with E-state index >= 15 is 0 Å². The summed E-state index contributed by atoms with van der Waals surface area (Å²) in [4.78, 5) is 28.8. The summed E-state index contributed by atoms with van der Waals surface area (Å²) in [7, 11) is 0. The second-order valence-electron chi connectivity index (χ2n) is 6.35. The molecule has 4 heteroatoms. The fourth-order valence-corrected chi connectivity index (χ4v) is 2.47. The highest BCUT2D eigenvalue weighted by molar-refractivity contribution is 5.96. The van der Waals surface area contributed by atoms with Gasteiger partial charge in [0.1, 0.15) is 6.42 Å². The van der Waals surface area contributed by atoms with Crippen LogP contribution < -0.4 is 0 Å². The fraction of sp³-hybridized carbons (Fsp3) is 0.895. The molecular weight excluding hydrogens is 288 g/mol. The van der Waals surface area contributed by atoms with Gasteiger partial charge in [-0.1, -0.05) is 53.4 Å². The van der Waals surface area contributed by atoms with Crippen LogP contribution in [0.3, 0.4) is 0 Å². The van der Waals surface area contributed by atoms with E-state index in [1.165, 1.54) is 0 Å². The Kier molecular flexibility index (Phi) is 13.9. The highest BCUT2D eigenvalue weighted by atomic mass is 16.2. The number of rotatable bonds is 14. The molecule has 0 aromatic rings. The summed E-state index contributed by atoms with van der Waals surface area (Å²) >= 11 is 0. The molecule has 0 radical (unpaired) electrons. The molecule has 0 unspecified atom stereocenters. The van der Waals surface area contributed by atoms with Crippen LogP contribution in [0.25, 0.3) is 0 Å². The maximum Gasteiger partial charge on any atom is 0.232 e. The van der Waals surface area contributed by atoms with Gasteiger partial charge in [-0.25, -0.2) is 0 Å². The van der Waals surface area contributed by atoms with Gasteiger partial charge in [0.2, 0.25) is 11.8 Å². The topological polar surface area (TPSA) is 40.6 Å². The van der Waals surface area contributed by atoms with Gasteiger partial charge in [0.15, 0.2) is 0 Å². The summed E-state index contributed by atoms with van der Waals surface area (Å²) in [5.74, 6) is 0.0183. The number of hydrogen-bond donors (Lipinski definition) is 0. The quantitative estimate of drug-likeness (QED) is 0.448. The summed E-state index contributed by atoms with van der Waals surface area (Å²) in [5, 5.41) is 0. The van der Waals surface area contributed by atoms with Crippen LogP contribution in [0.1, 0.15) is 85.5 Å². The van der Waals surface area contributed by atoms with E-state index < -0.39 is 0 Å². The number of carbonyl (C=O) groups excluding carboxylic acids is 2. The van der Waals surface area contributed by atoms with Crippen molar-refractivity contribution in [2.75, 3.05) is 26.2 Å². The van der Waals surface area contributed by atoms with Gasteiger partial charge < -0.3 is 9.80 Å². The van der Waals surface area contributed by atoms with Crippen molar-refractivity contribution in [2.45, 2.75) is 85.5 Å². The molecule has 0 bridgehead atoms. The van der Waals surface area contributed by atoms with Gasteiger partial charge in [-0.05, 0) is 25.7 Å². The molecule has 2 amide bonds. The zero-order valence-electron chi connectivity index (χ0n) is 15.9. The van der Waals surface area contributed by atoms with Crippen LogP contribution in [0.5, 0.6) is 0 Å². The van der Waals surface area contributed by atoms with Crippen molar-refractivity contribution in [2.24, 2.45) is 0 Å². The van der Waals surface area contributed by atoms with Crippen LogP contribution in [-0.2, 0) is 9.59 Å². The Bertz CT molecular complexity index is 272. The maximum absolute atomic E-state index is 12.5. The molecule has 4 nitrogen and oxygen atoms in total. The largest absolute Gasteiger partial charge is 0.342 e. The van der Waals surface area contributed by atoms with Crippen molar-refractivity contribution >= 4 is 11.8 Å². The molecule has 0 spiro atoms. The number of carbonyl (C=O) groups is 2. The van der Waals surface area contributed by atoms with Crippen molar-refractivity contribution < 1.29 is 9.59 Å². The van der Waals surface area contributed by atoms with E-state index in [1.54, 1.807) is 0 Å². The zero-order valence-corrected chi connectivity index (χ0v) is 15.9. The van der Waals surface area contributed by atoms with E-state index in [1.807, 2.05) is 9.80 Å². The van der Waals surface area contributed by atoms with Crippen LogP contribution in [0, 0.1) is 0 Å². The third kappa shape index (κ3) is 10.4. The van der Waals surface area contributed by atoms with Crippen LogP contribution in [-0.4, -0.2) is 47.8 Å². The van der Waals surface area contributed by atoms with Crippen molar-refractivity contribution in [3.8, 4) is 0 Å². The Morgan fingerprint density at radius 3 is 1.04 bits per heavy atom. The minimum Gasteiger partial charge on any atom is -0.342 e. The van der Waals surface area contributed by atoms with Gasteiger partial charge in [-0.15, -0.1) is 0 Å². The van der Waals surface area contributed by atoms with Gasteiger partial charge in [-0.3, -0.25) is 9.59 Å². The minimum atomic E-state index is 0.00916. The number of nitrogens with zero attached hydrogens (tertiary/aromatic N) is 2. The van der Waals surface area contributed by atoms with E-state index in [9.17, 15) is 9.59 Å². The van der Waals surface area contributed by atoms with Gasteiger partial charge >= 0.3 is 0 Å². The first-order chi connectivity index (χ1) is 11.1. The van der Waals surface area contributed by atoms with Gasteiger partial charge in [0, 0.05) is 26.2 Å². The van der Waals surface area contributed by atoms with Crippen LogP contribution in [0.15, 0.2) is 0 Å². The van der Waals surface area contributed by atoms with E-state index in [0.29, 0.717) is 0 Å². The maximum atomic E-state index is 12.5. The van der Waals surface area contributed by atoms with Crippen molar-refractivity contribution in [3.63, 3.8) is 0 Å². The van der Waals surface area contributed by atoms with Crippen LogP contribution in [0.2, 0.25) is 0 Å². The number of amides is 2. The molecule has 0 aliphatic heterocycles. The predicted octanol–water partition coefficient (Wildman–Crippen LogP) is 4.23. The van der Waals surface area contributed by atoms with Crippen molar-refractivity contribution in [3.05, 3.63) is 0 Å². The third-order valence-electron chi connectivity index (χ3n) is 4.13. The number of unbranched alkanes of at least 4 members (excludes halogenated alkanes) is 4. The summed E-state index contributed by atoms with van der Waals surface area (Å²) in [6.07, 6.45) is 8.38. The average Bonchev–Trinajstić information content (AvgIpc) is 2.54. The molecule has 0 aromatic carbocycles. The van der Waals surface area contributed by atoms with Crippen LogP contribution in [0.4, 0.5) is 0 Å². The van der Waals surface area contributed by atoms with E-state index in [4.69, 9.17) is 0 Å². The molecular formula is C19H38N2O2. The normalized spacial score (nSPS) is 10.6. The fourth-order valence-electron chi connectivity index (χ4n) is 2.47. The molecule has 0 aromatic heterocycles. The van der Waals surface area contributed by atoms with Crippen LogP contribution >= 0.6 is 0 Å². The molecule has 0 saturated heterocycles. The van der Waals surface area contributed by atoms with E-state index in [0.717, 1.165) is 77.5 Å². The summed E-state index contributed by atoms with van der Waals surface area (Å²) in [6, 6.07) is 0. The lowest BCUT2D eigenvalue weighted by Gasteiger charge is -2.26. The molecule has 0 heterocycles. The van der Waals surface area contributed by atoms with Gasteiger partial charge in [0.05, 0.1) is 0 Å². The first-order valence-corrected chi connectivity index (χ1v) is 9.66. The first-order valence-electron chi connectivity index (χ1n) is 9.66. The lowest BCUT2D eigenvalue weighted by atomic mass is 10.2. The SMILES string of the molecule is CCCCN(CCCC)C(=O)CC(=O)N(CCCC)CCCC. The Morgan fingerprint density at radius 1 is 0.565 bits per heavy atom. The highest BCUT2D eigenvalue weighted by Crippen LogP contribution is 2.07. The lowest BCUT2D eigenvalue weighted by molar-refractivity contribution is -0.140. The standard InChI is InChI=1S/C19H38N2O2/c1-5-9-13-20(14-10-6-2)18(22)17-19(23)21(15-11-7-3)16-12-8-4/h5-17H2,1-4H3. The second-order valence-corrected chi connectivity index (χ2v) is 6.35. The molecule has 0 N–H and O–H groups in total. The molecule has 23 heavy (non-hydrogen) atoms. The Balaban J connectivity index is 4.58. The summed E-state index contributed by atoms with van der Waals surface area (Å²) < 4.78 is 0. The third-order valence-corrected chi connectivity index (χ3v) is 4.13. The lowest BCUT2D eigenvalue weighted by Crippen LogP contribution is -2.39. The van der Waals surface area contributed by atoms with Crippen molar-refractivity contribution in [1.29, 1.82) is 0 Å². The smallest absolute Gasteiger partial charge is 0.232 e. The molecule has 0 saturated carbocycles. The zero-order chi connectivity index (χ0) is 17.5. The predicted molar refractivity (Wildman–Crippen MR) is 97.4 cm³/mol. The highest BCUT2D eigenvalue weighted by Gasteiger charge is 2.20. The molecule has 0 aliphatic carbocycles. The first kappa shape index (κ1) is 21.9. The van der Waals surface area contributed by atoms with E-state index in [2.05, 4.69) is 27.7 Å². The van der Waals surface area contributed by atoms with Gasteiger partial charge in [-0.2, -0.15) is 0 Å². The summed E-state index contributed by atoms with van der Waals surface area (Å²) in [6.45, 7) is 11.7. The van der Waals surface area contributed by atoms with E-state index in [-0.39, 0.29) is 18.2 Å². The summed E-state index contributed by atoms with van der Waals surface area (Å²) in [5.41, 5.74) is 0. The number of hydrogen-bond acceptors (Lipinski definition) is 2. The molecule has 0 aliphatic rings. The Labute approximate surface area is 143 Å². The Morgan fingerprint density at radius 2 is 0.826 bits per heavy atom. The minimum absolute atomic E-state index is 0.00916. The average molecular weight is 327 g/mol. The molecule has 0 atom stereocenters. The Hall–Kier alpha value is -1.06.